The van der Waals surface area contributed by atoms with Gasteiger partial charge in [-0.2, -0.15) is 4.31 Å². The summed E-state index contributed by atoms with van der Waals surface area (Å²) in [6.07, 6.45) is 0. The fourth-order valence-corrected chi connectivity index (χ4v) is 3.17. The number of sulfonamides is 1. The maximum absolute atomic E-state index is 13.4. The fourth-order valence-electron chi connectivity index (χ4n) is 1.72. The van der Waals surface area contributed by atoms with Gasteiger partial charge in [-0.05, 0) is 38.5 Å². The van der Waals surface area contributed by atoms with Gasteiger partial charge in [0.25, 0.3) is 0 Å². The molecule has 0 fully saturated rings. The van der Waals surface area contributed by atoms with Gasteiger partial charge in [0.05, 0.1) is 16.2 Å². The smallest absolute Gasteiger partial charge is 0.243 e. The predicted molar refractivity (Wildman–Crippen MR) is 71.7 cm³/mol. The summed E-state index contributed by atoms with van der Waals surface area (Å²) < 4.78 is 38.9. The lowest BCUT2D eigenvalue weighted by molar-refractivity contribution is 0.0640. The molecule has 108 valence electrons. The number of nitrogens with two attached hydrogens (primary N) is 1. The molecule has 0 amide bonds. The van der Waals surface area contributed by atoms with Crippen LogP contribution >= 0.6 is 0 Å². The van der Waals surface area contributed by atoms with E-state index in [0.29, 0.717) is 0 Å². The molecule has 1 aromatic rings. The van der Waals surface area contributed by atoms with E-state index in [2.05, 4.69) is 0 Å². The van der Waals surface area contributed by atoms with Crippen LogP contribution < -0.4 is 5.73 Å². The number of anilines is 1. The molecule has 0 aliphatic carbocycles. The first-order valence-electron chi connectivity index (χ1n) is 5.69. The molecule has 0 atom stereocenters. The molecule has 1 aromatic carbocycles. The first-order chi connectivity index (χ1) is 8.45. The SMILES string of the molecule is Cc1cc(S(=O)(=O)N(C)CC(C)(C)O)cc(N)c1F. The van der Waals surface area contributed by atoms with Gasteiger partial charge < -0.3 is 10.8 Å². The van der Waals surface area contributed by atoms with Gasteiger partial charge in [0.15, 0.2) is 0 Å². The van der Waals surface area contributed by atoms with Crippen molar-refractivity contribution in [3.63, 3.8) is 0 Å². The second-order valence-corrected chi connectivity index (χ2v) is 7.26. The number of hydrogen-bond acceptors (Lipinski definition) is 4. The molecule has 0 spiro atoms. The monoisotopic (exact) mass is 290 g/mol. The third kappa shape index (κ3) is 3.65. The van der Waals surface area contributed by atoms with Crippen LogP contribution in [-0.2, 0) is 10.0 Å². The number of nitrogen functional groups attached to an aromatic ring is 1. The van der Waals surface area contributed by atoms with Gasteiger partial charge in [-0.3, -0.25) is 0 Å². The summed E-state index contributed by atoms with van der Waals surface area (Å²) in [7, 11) is -2.46. The molecule has 3 N–H and O–H groups in total. The summed E-state index contributed by atoms with van der Waals surface area (Å²) in [5.41, 5.74) is 4.22. The average molecular weight is 290 g/mol. The van der Waals surface area contributed by atoms with Crippen molar-refractivity contribution in [1.29, 1.82) is 0 Å². The Labute approximate surface area is 112 Å². The Bertz CT molecular complexity index is 556. The lowest BCUT2D eigenvalue weighted by Crippen LogP contribution is -2.39. The normalized spacial score (nSPS) is 13.0. The lowest BCUT2D eigenvalue weighted by atomic mass is 10.1. The molecule has 0 aliphatic rings. The average Bonchev–Trinajstić information content (AvgIpc) is 2.22. The summed E-state index contributed by atoms with van der Waals surface area (Å²) in [5.74, 6) is -0.621. The Morgan fingerprint density at radius 1 is 1.42 bits per heavy atom. The van der Waals surface area contributed by atoms with Gasteiger partial charge in [-0.1, -0.05) is 0 Å². The predicted octanol–water partition coefficient (Wildman–Crippen LogP) is 1.11. The van der Waals surface area contributed by atoms with Crippen molar-refractivity contribution < 1.29 is 17.9 Å². The molecule has 0 saturated carbocycles. The molecule has 1 rings (SSSR count). The zero-order valence-electron chi connectivity index (χ0n) is 11.4. The second kappa shape index (κ2) is 5.07. The van der Waals surface area contributed by atoms with E-state index < -0.39 is 21.4 Å². The highest BCUT2D eigenvalue weighted by Crippen LogP contribution is 2.23. The molecule has 0 bridgehead atoms. The highest BCUT2D eigenvalue weighted by atomic mass is 32.2. The molecule has 0 aromatic heterocycles. The van der Waals surface area contributed by atoms with E-state index in [1.165, 1.54) is 33.9 Å². The maximum Gasteiger partial charge on any atom is 0.243 e. The Morgan fingerprint density at radius 3 is 2.37 bits per heavy atom. The van der Waals surface area contributed by atoms with Crippen LogP contribution in [0.3, 0.4) is 0 Å². The van der Waals surface area contributed by atoms with E-state index in [9.17, 15) is 17.9 Å². The third-order valence-corrected chi connectivity index (χ3v) is 4.36. The molecule has 7 heteroatoms. The topological polar surface area (TPSA) is 83.6 Å². The van der Waals surface area contributed by atoms with Crippen molar-refractivity contribution >= 4 is 15.7 Å². The number of aliphatic hydroxyl groups is 1. The minimum Gasteiger partial charge on any atom is -0.396 e. The van der Waals surface area contributed by atoms with Crippen molar-refractivity contribution in [2.24, 2.45) is 0 Å². The summed E-state index contributed by atoms with van der Waals surface area (Å²) in [6.45, 7) is 4.37. The number of aryl methyl sites for hydroxylation is 1. The van der Waals surface area contributed by atoms with Gasteiger partial charge >= 0.3 is 0 Å². The van der Waals surface area contributed by atoms with Crippen LogP contribution in [0.4, 0.5) is 10.1 Å². The number of rotatable bonds is 4. The van der Waals surface area contributed by atoms with Crippen LogP contribution in [-0.4, -0.2) is 37.0 Å². The van der Waals surface area contributed by atoms with Crippen molar-refractivity contribution in [3.05, 3.63) is 23.5 Å². The van der Waals surface area contributed by atoms with E-state index >= 15 is 0 Å². The van der Waals surface area contributed by atoms with Crippen molar-refractivity contribution in [2.75, 3.05) is 19.3 Å². The lowest BCUT2D eigenvalue weighted by Gasteiger charge is -2.25. The maximum atomic E-state index is 13.4. The molecule has 0 saturated heterocycles. The van der Waals surface area contributed by atoms with Gasteiger partial charge in [0, 0.05) is 13.6 Å². The molecule has 0 radical (unpaired) electrons. The zero-order valence-corrected chi connectivity index (χ0v) is 12.3. The van der Waals surface area contributed by atoms with Gasteiger partial charge in [-0.15, -0.1) is 0 Å². The number of hydrogen-bond donors (Lipinski definition) is 2. The van der Waals surface area contributed by atoms with E-state index in [0.717, 1.165) is 10.4 Å². The number of halogens is 1. The zero-order chi connectivity index (χ0) is 15.0. The van der Waals surface area contributed by atoms with Crippen LogP contribution in [0.25, 0.3) is 0 Å². The number of likely N-dealkylation sites (N-methyl/N-ethyl adjacent to an activating group) is 1. The quantitative estimate of drug-likeness (QED) is 0.814. The standard InChI is InChI=1S/C12H19FN2O3S/c1-8-5-9(6-10(14)11(8)13)19(17,18)15(4)7-12(2,3)16/h5-6,16H,7,14H2,1-4H3. The number of benzene rings is 1. The first kappa shape index (κ1) is 15.9. The second-order valence-electron chi connectivity index (χ2n) is 5.22. The van der Waals surface area contributed by atoms with E-state index in [1.807, 2.05) is 0 Å². The molecular weight excluding hydrogens is 271 g/mol. The summed E-state index contributed by atoms with van der Waals surface area (Å²) >= 11 is 0. The molecule has 0 unspecified atom stereocenters. The summed E-state index contributed by atoms with van der Waals surface area (Å²) in [5, 5.41) is 9.66. The van der Waals surface area contributed by atoms with Crippen LogP contribution in [0.1, 0.15) is 19.4 Å². The Morgan fingerprint density at radius 2 is 1.95 bits per heavy atom. The van der Waals surface area contributed by atoms with Crippen LogP contribution in [0.5, 0.6) is 0 Å². The first-order valence-corrected chi connectivity index (χ1v) is 7.13. The van der Waals surface area contributed by atoms with E-state index in [4.69, 9.17) is 5.73 Å². The number of nitrogens with zero attached hydrogens (tertiary/aromatic N) is 1. The molecule has 0 aliphatic heterocycles. The van der Waals surface area contributed by atoms with Gasteiger partial charge in [-0.25, -0.2) is 12.8 Å². The van der Waals surface area contributed by atoms with Gasteiger partial charge in [0.1, 0.15) is 5.82 Å². The van der Waals surface area contributed by atoms with E-state index in [-0.39, 0.29) is 22.7 Å². The van der Waals surface area contributed by atoms with Crippen LogP contribution in [0, 0.1) is 12.7 Å². The largest absolute Gasteiger partial charge is 0.396 e. The van der Waals surface area contributed by atoms with Crippen LogP contribution in [0.15, 0.2) is 17.0 Å². The van der Waals surface area contributed by atoms with Crippen molar-refractivity contribution in [2.45, 2.75) is 31.3 Å². The third-order valence-electron chi connectivity index (χ3n) is 2.57. The molecular formula is C12H19FN2O3S. The van der Waals surface area contributed by atoms with Gasteiger partial charge in [0.2, 0.25) is 10.0 Å². The van der Waals surface area contributed by atoms with E-state index in [1.54, 1.807) is 0 Å². The Balaban J connectivity index is 3.21. The molecule has 5 nitrogen and oxygen atoms in total. The summed E-state index contributed by atoms with van der Waals surface area (Å²) in [6, 6.07) is 2.31. The Hall–Kier alpha value is -1.18. The molecule has 0 heterocycles. The highest BCUT2D eigenvalue weighted by molar-refractivity contribution is 7.89. The van der Waals surface area contributed by atoms with Crippen molar-refractivity contribution in [3.8, 4) is 0 Å². The van der Waals surface area contributed by atoms with Crippen LogP contribution in [0.2, 0.25) is 0 Å². The Kier molecular flexibility index (Phi) is 4.23. The van der Waals surface area contributed by atoms with Crippen molar-refractivity contribution in [1.82, 2.24) is 4.31 Å². The minimum absolute atomic E-state index is 0.0777. The highest BCUT2D eigenvalue weighted by Gasteiger charge is 2.27. The summed E-state index contributed by atoms with van der Waals surface area (Å²) in [4.78, 5) is -0.0874. The minimum atomic E-state index is -3.81. The molecule has 19 heavy (non-hydrogen) atoms. The fraction of sp³-hybridized carbons (Fsp3) is 0.500.